The summed E-state index contributed by atoms with van der Waals surface area (Å²) in [5.41, 5.74) is 1.57. The molecule has 0 saturated carbocycles. The van der Waals surface area contributed by atoms with Gasteiger partial charge in [-0.25, -0.2) is 18.1 Å². The van der Waals surface area contributed by atoms with Crippen molar-refractivity contribution in [2.45, 2.75) is 6.54 Å². The molecule has 0 saturated heterocycles. The number of H-pyrrole nitrogens is 1. The van der Waals surface area contributed by atoms with Gasteiger partial charge in [0.1, 0.15) is 0 Å². The van der Waals surface area contributed by atoms with Crippen LogP contribution in [0, 0.1) is 4.77 Å². The minimum atomic E-state index is -3.17. The number of sulfonamides is 1. The lowest BCUT2D eigenvalue weighted by Gasteiger charge is -2.04. The fourth-order valence-corrected chi connectivity index (χ4v) is 2.29. The second kappa shape index (κ2) is 4.55. The lowest BCUT2D eigenvalue weighted by atomic mass is 10.4. The molecule has 0 aromatic carbocycles. The summed E-state index contributed by atoms with van der Waals surface area (Å²) in [4.78, 5) is 7.22. The summed E-state index contributed by atoms with van der Waals surface area (Å²) in [7, 11) is -3.17. The average Bonchev–Trinajstić information content (AvgIpc) is 2.54. The van der Waals surface area contributed by atoms with Gasteiger partial charge in [0.2, 0.25) is 10.0 Å². The van der Waals surface area contributed by atoms with Crippen LogP contribution in [0.1, 0.15) is 0 Å². The van der Waals surface area contributed by atoms with Gasteiger partial charge in [0.05, 0.1) is 11.8 Å². The summed E-state index contributed by atoms with van der Waals surface area (Å²) in [6.07, 6.45) is 2.80. The molecule has 0 amide bonds. The van der Waals surface area contributed by atoms with Crippen molar-refractivity contribution in [1.82, 2.24) is 19.3 Å². The molecule has 0 fully saturated rings. The van der Waals surface area contributed by atoms with E-state index in [1.165, 1.54) is 0 Å². The summed E-state index contributed by atoms with van der Waals surface area (Å²) in [6, 6.07) is 3.69. The number of pyridine rings is 1. The van der Waals surface area contributed by atoms with E-state index in [1.54, 1.807) is 10.8 Å². The molecule has 92 valence electrons. The van der Waals surface area contributed by atoms with Crippen molar-refractivity contribution in [2.24, 2.45) is 0 Å². The Morgan fingerprint density at radius 3 is 3.06 bits per heavy atom. The van der Waals surface area contributed by atoms with Gasteiger partial charge in [0.15, 0.2) is 10.4 Å². The Kier molecular flexibility index (Phi) is 3.27. The number of fused-ring (bicyclic) bond motifs is 1. The molecule has 0 bridgehead atoms. The Balaban J connectivity index is 2.24. The largest absolute Gasteiger partial charge is 0.329 e. The van der Waals surface area contributed by atoms with E-state index < -0.39 is 10.0 Å². The zero-order valence-corrected chi connectivity index (χ0v) is 10.8. The molecule has 0 unspecified atom stereocenters. The molecule has 8 heteroatoms. The van der Waals surface area contributed by atoms with E-state index in [0.717, 1.165) is 17.4 Å². The van der Waals surface area contributed by atoms with E-state index in [1.807, 2.05) is 12.1 Å². The molecular formula is C9H12N4O2S2. The third-order valence-corrected chi connectivity index (χ3v) is 3.28. The van der Waals surface area contributed by atoms with Crippen LogP contribution in [0.3, 0.4) is 0 Å². The van der Waals surface area contributed by atoms with Gasteiger partial charge in [0, 0.05) is 19.3 Å². The first-order chi connectivity index (χ1) is 7.97. The number of rotatable bonds is 4. The summed E-state index contributed by atoms with van der Waals surface area (Å²) >= 11 is 5.15. The van der Waals surface area contributed by atoms with Crippen LogP contribution in [0.2, 0.25) is 0 Å². The molecule has 0 spiro atoms. The molecule has 2 heterocycles. The summed E-state index contributed by atoms with van der Waals surface area (Å²) in [6.45, 7) is 0.736. The Hall–Kier alpha value is -1.25. The molecule has 0 aliphatic rings. The van der Waals surface area contributed by atoms with Gasteiger partial charge < -0.3 is 9.55 Å². The zero-order valence-electron chi connectivity index (χ0n) is 9.17. The molecule has 2 N–H and O–H groups in total. The standard InChI is InChI=1S/C9H12N4O2S2/c1-17(14,15)11-5-6-13-8-7(12-9(13)16)3-2-4-10-8/h2-4,11H,5-6H2,1H3,(H,12,16). The SMILES string of the molecule is CS(=O)(=O)NCCn1c(=S)[nH]c2cccnc21. The van der Waals surface area contributed by atoms with Crippen LogP contribution in [-0.4, -0.2) is 35.8 Å². The monoisotopic (exact) mass is 272 g/mol. The highest BCUT2D eigenvalue weighted by molar-refractivity contribution is 7.88. The lowest BCUT2D eigenvalue weighted by Crippen LogP contribution is -2.26. The first kappa shape index (κ1) is 12.2. The maximum Gasteiger partial charge on any atom is 0.208 e. The maximum absolute atomic E-state index is 10.9. The first-order valence-corrected chi connectivity index (χ1v) is 7.25. The number of hydrogen-bond donors (Lipinski definition) is 2. The fourth-order valence-electron chi connectivity index (χ4n) is 1.54. The van der Waals surface area contributed by atoms with Gasteiger partial charge in [0.25, 0.3) is 0 Å². The van der Waals surface area contributed by atoms with Crippen LogP contribution in [0.5, 0.6) is 0 Å². The van der Waals surface area contributed by atoms with Gasteiger partial charge in [-0.2, -0.15) is 0 Å². The number of nitrogens with zero attached hydrogens (tertiary/aromatic N) is 2. The molecule has 2 aromatic rings. The highest BCUT2D eigenvalue weighted by Crippen LogP contribution is 2.09. The molecule has 6 nitrogen and oxygen atoms in total. The van der Waals surface area contributed by atoms with Crippen LogP contribution in [-0.2, 0) is 16.6 Å². The summed E-state index contributed by atoms with van der Waals surface area (Å²) < 4.78 is 26.6. The number of aromatic amines is 1. The van der Waals surface area contributed by atoms with E-state index in [2.05, 4.69) is 14.7 Å². The second-order valence-corrected chi connectivity index (χ2v) is 5.84. The molecular weight excluding hydrogens is 260 g/mol. The van der Waals surface area contributed by atoms with E-state index in [9.17, 15) is 8.42 Å². The average molecular weight is 272 g/mol. The Morgan fingerprint density at radius 1 is 1.59 bits per heavy atom. The molecule has 2 rings (SSSR count). The molecule has 0 radical (unpaired) electrons. The van der Waals surface area contributed by atoms with Crippen LogP contribution in [0.25, 0.3) is 11.2 Å². The van der Waals surface area contributed by atoms with Crippen molar-refractivity contribution in [3.63, 3.8) is 0 Å². The van der Waals surface area contributed by atoms with Gasteiger partial charge in [-0.15, -0.1) is 0 Å². The van der Waals surface area contributed by atoms with Crippen molar-refractivity contribution in [3.05, 3.63) is 23.1 Å². The van der Waals surface area contributed by atoms with Gasteiger partial charge in [-0.3, -0.25) is 0 Å². The number of hydrogen-bond acceptors (Lipinski definition) is 4. The Morgan fingerprint density at radius 2 is 2.35 bits per heavy atom. The Labute approximate surface area is 104 Å². The third-order valence-electron chi connectivity index (χ3n) is 2.23. The predicted molar refractivity (Wildman–Crippen MR) is 67.8 cm³/mol. The zero-order chi connectivity index (χ0) is 12.5. The van der Waals surface area contributed by atoms with Crippen LogP contribution < -0.4 is 4.72 Å². The maximum atomic E-state index is 10.9. The van der Waals surface area contributed by atoms with Crippen molar-refractivity contribution >= 4 is 33.4 Å². The normalized spacial score (nSPS) is 12.1. The van der Waals surface area contributed by atoms with Gasteiger partial charge >= 0.3 is 0 Å². The van der Waals surface area contributed by atoms with Crippen molar-refractivity contribution in [2.75, 3.05) is 12.8 Å². The second-order valence-electron chi connectivity index (χ2n) is 3.62. The van der Waals surface area contributed by atoms with Crippen molar-refractivity contribution in [3.8, 4) is 0 Å². The van der Waals surface area contributed by atoms with E-state index in [-0.39, 0.29) is 6.54 Å². The quantitative estimate of drug-likeness (QED) is 0.801. The van der Waals surface area contributed by atoms with E-state index in [0.29, 0.717) is 11.3 Å². The fraction of sp³-hybridized carbons (Fsp3) is 0.333. The first-order valence-electron chi connectivity index (χ1n) is 4.95. The number of imidazole rings is 1. The highest BCUT2D eigenvalue weighted by atomic mass is 32.2. The summed E-state index contributed by atoms with van der Waals surface area (Å²) in [5.74, 6) is 0. The minimum absolute atomic E-state index is 0.288. The van der Waals surface area contributed by atoms with Crippen LogP contribution in [0.4, 0.5) is 0 Å². The van der Waals surface area contributed by atoms with Gasteiger partial charge in [-0.05, 0) is 24.4 Å². The highest BCUT2D eigenvalue weighted by Gasteiger charge is 2.05. The van der Waals surface area contributed by atoms with E-state index in [4.69, 9.17) is 12.2 Å². The van der Waals surface area contributed by atoms with E-state index >= 15 is 0 Å². The number of nitrogens with one attached hydrogen (secondary N) is 2. The summed E-state index contributed by atoms with van der Waals surface area (Å²) in [5, 5.41) is 0. The van der Waals surface area contributed by atoms with Crippen molar-refractivity contribution < 1.29 is 8.42 Å². The molecule has 17 heavy (non-hydrogen) atoms. The van der Waals surface area contributed by atoms with Crippen molar-refractivity contribution in [1.29, 1.82) is 0 Å². The molecule has 0 aliphatic carbocycles. The minimum Gasteiger partial charge on any atom is -0.329 e. The van der Waals surface area contributed by atoms with Crippen LogP contribution >= 0.6 is 12.2 Å². The predicted octanol–water partition coefficient (Wildman–Crippen LogP) is 0.643. The number of aromatic nitrogens is 3. The topological polar surface area (TPSA) is 79.8 Å². The van der Waals surface area contributed by atoms with Gasteiger partial charge in [-0.1, -0.05) is 0 Å². The lowest BCUT2D eigenvalue weighted by molar-refractivity contribution is 0.579. The smallest absolute Gasteiger partial charge is 0.208 e. The third kappa shape index (κ3) is 2.90. The van der Waals surface area contributed by atoms with Crippen LogP contribution in [0.15, 0.2) is 18.3 Å². The molecule has 0 atom stereocenters. The molecule has 2 aromatic heterocycles. The molecule has 0 aliphatic heterocycles. The Bertz CT molecular complexity index is 686.